The van der Waals surface area contributed by atoms with Crippen LogP contribution in [0.25, 0.3) is 0 Å². The van der Waals surface area contributed by atoms with Crippen molar-refractivity contribution >= 4 is 15.8 Å². The Morgan fingerprint density at radius 1 is 1.39 bits per heavy atom. The zero-order valence-electron chi connectivity index (χ0n) is 14.3. The van der Waals surface area contributed by atoms with Gasteiger partial charge >= 0.3 is 0 Å². The number of hydrogen-bond donors (Lipinski definition) is 2. The summed E-state index contributed by atoms with van der Waals surface area (Å²) in [5.74, 6) is 1.21. The number of aliphatic imine (C=N–C) groups is 1. The lowest BCUT2D eigenvalue weighted by molar-refractivity contribution is 0.142. The fourth-order valence-electron chi connectivity index (χ4n) is 3.22. The van der Waals surface area contributed by atoms with Gasteiger partial charge in [-0.15, -0.1) is 0 Å². The van der Waals surface area contributed by atoms with Crippen molar-refractivity contribution in [1.29, 1.82) is 0 Å². The van der Waals surface area contributed by atoms with Crippen LogP contribution in [-0.4, -0.2) is 82.8 Å². The molecule has 0 aromatic rings. The third kappa shape index (κ3) is 5.93. The second kappa shape index (κ2) is 8.84. The van der Waals surface area contributed by atoms with Crippen LogP contribution in [0, 0.1) is 0 Å². The number of nitrogens with one attached hydrogen (secondary N) is 2. The van der Waals surface area contributed by atoms with Crippen molar-refractivity contribution in [3.63, 3.8) is 0 Å². The van der Waals surface area contributed by atoms with Gasteiger partial charge in [-0.25, -0.2) is 8.42 Å². The molecule has 8 heteroatoms. The van der Waals surface area contributed by atoms with Crippen molar-refractivity contribution in [2.45, 2.75) is 38.3 Å². The molecule has 2 rings (SSSR count). The summed E-state index contributed by atoms with van der Waals surface area (Å²) < 4.78 is 28.3. The SMILES string of the molecule is CCNC(=NCC1CCCN1CCOC)NC1CCS(=O)(=O)C1. The van der Waals surface area contributed by atoms with Gasteiger partial charge in [0.05, 0.1) is 24.7 Å². The molecule has 0 aromatic heterocycles. The molecule has 2 aliphatic heterocycles. The Bertz CT molecular complexity index is 495. The van der Waals surface area contributed by atoms with E-state index in [4.69, 9.17) is 4.74 Å². The first-order valence-corrected chi connectivity index (χ1v) is 10.3. The molecular formula is C15H30N4O3S. The van der Waals surface area contributed by atoms with E-state index in [2.05, 4.69) is 20.5 Å². The van der Waals surface area contributed by atoms with Gasteiger partial charge in [0.25, 0.3) is 0 Å². The summed E-state index contributed by atoms with van der Waals surface area (Å²) in [4.78, 5) is 7.11. The van der Waals surface area contributed by atoms with Crippen LogP contribution in [0.3, 0.4) is 0 Å². The van der Waals surface area contributed by atoms with Crippen molar-refractivity contribution in [3.8, 4) is 0 Å². The summed E-state index contributed by atoms with van der Waals surface area (Å²) in [6.07, 6.45) is 3.02. The van der Waals surface area contributed by atoms with Gasteiger partial charge in [-0.2, -0.15) is 0 Å². The molecule has 2 unspecified atom stereocenters. The number of methoxy groups -OCH3 is 1. The van der Waals surface area contributed by atoms with Gasteiger partial charge in [0.15, 0.2) is 15.8 Å². The summed E-state index contributed by atoms with van der Waals surface area (Å²) in [5.41, 5.74) is 0. The van der Waals surface area contributed by atoms with Crippen LogP contribution in [-0.2, 0) is 14.6 Å². The van der Waals surface area contributed by atoms with E-state index < -0.39 is 9.84 Å². The number of likely N-dealkylation sites (tertiary alicyclic amines) is 1. The largest absolute Gasteiger partial charge is 0.383 e. The number of guanidine groups is 1. The van der Waals surface area contributed by atoms with Crippen LogP contribution in [0.2, 0.25) is 0 Å². The van der Waals surface area contributed by atoms with E-state index in [0.29, 0.717) is 12.5 Å². The van der Waals surface area contributed by atoms with E-state index in [1.54, 1.807) is 7.11 Å². The lowest BCUT2D eigenvalue weighted by Crippen LogP contribution is -2.45. The van der Waals surface area contributed by atoms with Gasteiger partial charge in [-0.1, -0.05) is 0 Å². The maximum Gasteiger partial charge on any atom is 0.191 e. The summed E-state index contributed by atoms with van der Waals surface area (Å²) >= 11 is 0. The molecule has 0 aromatic carbocycles. The minimum atomic E-state index is -2.87. The quantitative estimate of drug-likeness (QED) is 0.492. The highest BCUT2D eigenvalue weighted by molar-refractivity contribution is 7.91. The van der Waals surface area contributed by atoms with E-state index in [1.165, 1.54) is 6.42 Å². The molecule has 0 radical (unpaired) electrons. The van der Waals surface area contributed by atoms with E-state index in [0.717, 1.165) is 45.2 Å². The monoisotopic (exact) mass is 346 g/mol. The molecule has 2 fully saturated rings. The standard InChI is InChI=1S/C15H30N4O3S/c1-3-16-15(18-13-6-10-23(20,21)12-13)17-11-14-5-4-7-19(14)8-9-22-2/h13-14H,3-12H2,1-2H3,(H2,16,17,18). The van der Waals surface area contributed by atoms with Gasteiger partial charge in [-0.3, -0.25) is 9.89 Å². The molecule has 2 N–H and O–H groups in total. The molecule has 2 heterocycles. The van der Waals surface area contributed by atoms with E-state index >= 15 is 0 Å². The Morgan fingerprint density at radius 2 is 2.22 bits per heavy atom. The molecule has 2 atom stereocenters. The molecule has 0 amide bonds. The molecule has 2 saturated heterocycles. The fourth-order valence-corrected chi connectivity index (χ4v) is 4.90. The van der Waals surface area contributed by atoms with Crippen LogP contribution < -0.4 is 10.6 Å². The zero-order chi connectivity index (χ0) is 16.7. The van der Waals surface area contributed by atoms with Crippen molar-refractivity contribution in [2.24, 2.45) is 4.99 Å². The number of hydrogen-bond acceptors (Lipinski definition) is 5. The van der Waals surface area contributed by atoms with Gasteiger partial charge in [0.1, 0.15) is 0 Å². The fraction of sp³-hybridized carbons (Fsp3) is 0.933. The average Bonchev–Trinajstić information content (AvgIpc) is 3.09. The summed E-state index contributed by atoms with van der Waals surface area (Å²) in [5, 5.41) is 6.49. The Hall–Kier alpha value is -0.860. The van der Waals surface area contributed by atoms with E-state index in [1.807, 2.05) is 6.92 Å². The molecule has 0 spiro atoms. The number of sulfone groups is 1. The number of ether oxygens (including phenoxy) is 1. The van der Waals surface area contributed by atoms with Crippen molar-refractivity contribution in [1.82, 2.24) is 15.5 Å². The third-order valence-electron chi connectivity index (χ3n) is 4.46. The minimum absolute atomic E-state index is 0.0222. The van der Waals surface area contributed by atoms with Gasteiger partial charge in [0.2, 0.25) is 0 Å². The Kier molecular flexibility index (Phi) is 7.10. The molecule has 0 saturated carbocycles. The van der Waals surface area contributed by atoms with Crippen LogP contribution in [0.1, 0.15) is 26.2 Å². The third-order valence-corrected chi connectivity index (χ3v) is 6.23. The predicted octanol–water partition coefficient (Wildman–Crippen LogP) is -0.161. The van der Waals surface area contributed by atoms with Crippen LogP contribution >= 0.6 is 0 Å². The molecule has 2 aliphatic rings. The van der Waals surface area contributed by atoms with Crippen molar-refractivity contribution in [3.05, 3.63) is 0 Å². The number of nitrogens with zero attached hydrogens (tertiary/aromatic N) is 2. The average molecular weight is 346 g/mol. The normalized spacial score (nSPS) is 28.2. The first-order chi connectivity index (χ1) is 11.0. The molecule has 134 valence electrons. The highest BCUT2D eigenvalue weighted by Crippen LogP contribution is 2.17. The summed E-state index contributed by atoms with van der Waals surface area (Å²) in [6, 6.07) is 0.430. The van der Waals surface area contributed by atoms with Crippen molar-refractivity contribution < 1.29 is 13.2 Å². The summed E-state index contributed by atoms with van der Waals surface area (Å²) in [6.45, 7) is 6.32. The molecule has 0 aliphatic carbocycles. The zero-order valence-corrected chi connectivity index (χ0v) is 15.1. The number of rotatable bonds is 7. The van der Waals surface area contributed by atoms with Crippen molar-refractivity contribution in [2.75, 3.05) is 51.4 Å². The molecule has 23 heavy (non-hydrogen) atoms. The van der Waals surface area contributed by atoms with Crippen LogP contribution in [0.15, 0.2) is 4.99 Å². The maximum atomic E-state index is 11.6. The smallest absolute Gasteiger partial charge is 0.191 e. The highest BCUT2D eigenvalue weighted by atomic mass is 32.2. The Labute approximate surface area is 139 Å². The first kappa shape index (κ1) is 18.5. The van der Waals surface area contributed by atoms with Crippen LogP contribution in [0.5, 0.6) is 0 Å². The minimum Gasteiger partial charge on any atom is -0.383 e. The topological polar surface area (TPSA) is 83.0 Å². The highest BCUT2D eigenvalue weighted by Gasteiger charge is 2.29. The second-order valence-corrected chi connectivity index (χ2v) is 8.52. The lowest BCUT2D eigenvalue weighted by atomic mass is 10.2. The van der Waals surface area contributed by atoms with E-state index in [-0.39, 0.29) is 17.5 Å². The maximum absolute atomic E-state index is 11.6. The predicted molar refractivity (Wildman–Crippen MR) is 92.6 cm³/mol. The second-order valence-electron chi connectivity index (χ2n) is 6.29. The lowest BCUT2D eigenvalue weighted by Gasteiger charge is -2.23. The molecule has 0 bridgehead atoms. The first-order valence-electron chi connectivity index (χ1n) is 8.52. The van der Waals surface area contributed by atoms with Gasteiger partial charge in [0, 0.05) is 32.3 Å². The molecular weight excluding hydrogens is 316 g/mol. The Morgan fingerprint density at radius 3 is 2.87 bits per heavy atom. The summed E-state index contributed by atoms with van der Waals surface area (Å²) in [7, 11) is -1.14. The Balaban J connectivity index is 1.88. The van der Waals surface area contributed by atoms with E-state index in [9.17, 15) is 8.42 Å². The van der Waals surface area contributed by atoms with Crippen LogP contribution in [0.4, 0.5) is 0 Å². The molecule has 7 nitrogen and oxygen atoms in total. The van der Waals surface area contributed by atoms with Gasteiger partial charge in [-0.05, 0) is 32.7 Å². The van der Waals surface area contributed by atoms with Gasteiger partial charge < -0.3 is 15.4 Å².